The first kappa shape index (κ1) is 15.1. The third-order valence-electron chi connectivity index (χ3n) is 4.21. The van der Waals surface area contributed by atoms with Crippen molar-refractivity contribution in [3.05, 3.63) is 0 Å². The molecule has 0 bridgehead atoms. The van der Waals surface area contributed by atoms with E-state index in [1.54, 1.807) is 11.9 Å². The summed E-state index contributed by atoms with van der Waals surface area (Å²) in [5.74, 6) is -0.160. The van der Waals surface area contributed by atoms with E-state index in [1.807, 2.05) is 0 Å². The fourth-order valence-electron chi connectivity index (χ4n) is 3.04. The molecule has 0 radical (unpaired) electrons. The van der Waals surface area contributed by atoms with Crippen molar-refractivity contribution >= 4 is 5.91 Å². The Morgan fingerprint density at radius 2 is 2.19 bits per heavy atom. The average molecular weight is 303 g/mol. The topological polar surface area (TPSA) is 138 Å². The Hall–Kier alpha value is -0.850. The lowest BCUT2D eigenvalue weighted by Crippen LogP contribution is -2.71. The van der Waals surface area contributed by atoms with Crippen molar-refractivity contribution in [2.24, 2.45) is 0 Å². The second-order valence-electron chi connectivity index (χ2n) is 5.42. The Labute approximate surface area is 121 Å². The van der Waals surface area contributed by atoms with Crippen LogP contribution in [0, 0.1) is 0 Å². The van der Waals surface area contributed by atoms with E-state index in [0.717, 1.165) is 0 Å². The standard InChI is InChI=1S/C11H21N5O5/c1-12-11-14-8-5(9(20)15-11)13-3-16(8)10-7(19)6(18)4(2-17)21-10/h4-8,10-14,17-19H,2-3H2,1H3,(H,15,20)/t4-,5?,6-,7-,8?,10-,11?/m1/s1. The van der Waals surface area contributed by atoms with E-state index in [0.29, 0.717) is 6.67 Å². The van der Waals surface area contributed by atoms with Crippen molar-refractivity contribution in [3.8, 4) is 0 Å². The summed E-state index contributed by atoms with van der Waals surface area (Å²) in [6.45, 7) is -0.0596. The zero-order valence-corrected chi connectivity index (χ0v) is 11.6. The highest BCUT2D eigenvalue weighted by Crippen LogP contribution is 2.27. The molecule has 3 aliphatic rings. The first-order chi connectivity index (χ1) is 10.1. The monoisotopic (exact) mass is 303 g/mol. The quantitative estimate of drug-likeness (QED) is 0.274. The van der Waals surface area contributed by atoms with Crippen LogP contribution >= 0.6 is 0 Å². The maximum absolute atomic E-state index is 12.0. The first-order valence-electron chi connectivity index (χ1n) is 6.92. The fraction of sp³-hybridized carbons (Fsp3) is 0.909. The molecule has 3 rings (SSSR count). The fourth-order valence-corrected chi connectivity index (χ4v) is 3.04. The van der Waals surface area contributed by atoms with Crippen molar-refractivity contribution in [1.29, 1.82) is 0 Å². The first-order valence-corrected chi connectivity index (χ1v) is 6.92. The number of hydrogen-bond acceptors (Lipinski definition) is 9. The Morgan fingerprint density at radius 1 is 1.43 bits per heavy atom. The van der Waals surface area contributed by atoms with Crippen LogP contribution in [0.2, 0.25) is 0 Å². The minimum atomic E-state index is -1.16. The smallest absolute Gasteiger partial charge is 0.242 e. The summed E-state index contributed by atoms with van der Waals surface area (Å²) >= 11 is 0. The second-order valence-corrected chi connectivity index (χ2v) is 5.42. The van der Waals surface area contributed by atoms with Gasteiger partial charge in [-0.15, -0.1) is 0 Å². The van der Waals surface area contributed by atoms with Crippen LogP contribution in [0.1, 0.15) is 0 Å². The van der Waals surface area contributed by atoms with Crippen LogP contribution in [0.3, 0.4) is 0 Å². The SMILES string of the molecule is CNC1NC(=O)C2NCN([C@@H]3O[C@H](CO)[C@@H](O)[C@H]3O)C2N1. The van der Waals surface area contributed by atoms with Crippen LogP contribution in [0.15, 0.2) is 0 Å². The molecule has 3 unspecified atom stereocenters. The van der Waals surface area contributed by atoms with Gasteiger partial charge in [0.25, 0.3) is 0 Å². The third-order valence-corrected chi connectivity index (χ3v) is 4.21. The van der Waals surface area contributed by atoms with Gasteiger partial charge in [-0.25, -0.2) is 4.90 Å². The van der Waals surface area contributed by atoms with E-state index < -0.39 is 36.9 Å². The molecule has 7 N–H and O–H groups in total. The summed E-state index contributed by atoms with van der Waals surface area (Å²) in [4.78, 5) is 13.7. The van der Waals surface area contributed by atoms with E-state index >= 15 is 0 Å². The van der Waals surface area contributed by atoms with Gasteiger partial charge in [-0.05, 0) is 7.05 Å². The summed E-state index contributed by atoms with van der Waals surface area (Å²) in [5.41, 5.74) is 0. The van der Waals surface area contributed by atoms with Gasteiger partial charge in [-0.2, -0.15) is 0 Å². The molecule has 3 saturated heterocycles. The number of nitrogens with one attached hydrogen (secondary N) is 4. The highest BCUT2D eigenvalue weighted by molar-refractivity contribution is 5.84. The summed E-state index contributed by atoms with van der Waals surface area (Å²) in [6.07, 6.45) is -4.71. The largest absolute Gasteiger partial charge is 0.394 e. The van der Waals surface area contributed by atoms with Crippen LogP contribution in [0.25, 0.3) is 0 Å². The molecular weight excluding hydrogens is 282 g/mol. The Bertz CT molecular complexity index is 412. The minimum absolute atomic E-state index is 0.160. The highest BCUT2D eigenvalue weighted by atomic mass is 16.6. The minimum Gasteiger partial charge on any atom is -0.394 e. The number of amides is 1. The molecule has 0 saturated carbocycles. The molecule has 3 fully saturated rings. The van der Waals surface area contributed by atoms with Crippen LogP contribution in [0.5, 0.6) is 0 Å². The maximum Gasteiger partial charge on any atom is 0.242 e. The number of rotatable bonds is 3. The number of aliphatic hydroxyl groups is 3. The molecule has 3 aliphatic heterocycles. The van der Waals surface area contributed by atoms with Crippen molar-refractivity contribution < 1.29 is 24.9 Å². The van der Waals surface area contributed by atoms with Gasteiger partial charge in [-0.3, -0.25) is 20.7 Å². The molecule has 1 amide bonds. The van der Waals surface area contributed by atoms with Gasteiger partial charge >= 0.3 is 0 Å². The van der Waals surface area contributed by atoms with Gasteiger partial charge in [0, 0.05) is 0 Å². The second kappa shape index (κ2) is 5.74. The lowest BCUT2D eigenvalue weighted by atomic mass is 10.1. The lowest BCUT2D eigenvalue weighted by molar-refractivity contribution is -0.134. The van der Waals surface area contributed by atoms with Crippen LogP contribution < -0.4 is 21.3 Å². The van der Waals surface area contributed by atoms with Gasteiger partial charge in [-0.1, -0.05) is 0 Å². The summed E-state index contributed by atoms with van der Waals surface area (Å²) in [7, 11) is 1.71. The number of hydrogen-bond donors (Lipinski definition) is 7. The van der Waals surface area contributed by atoms with E-state index in [9.17, 15) is 15.0 Å². The molecule has 10 heteroatoms. The molecular formula is C11H21N5O5. The molecule has 10 nitrogen and oxygen atoms in total. The van der Waals surface area contributed by atoms with Crippen molar-refractivity contribution in [2.75, 3.05) is 20.3 Å². The van der Waals surface area contributed by atoms with E-state index in [4.69, 9.17) is 9.84 Å². The van der Waals surface area contributed by atoms with Gasteiger partial charge in [0.15, 0.2) is 0 Å². The summed E-state index contributed by atoms with van der Waals surface area (Å²) < 4.78 is 5.52. The number of fused-ring (bicyclic) bond motifs is 1. The van der Waals surface area contributed by atoms with Crippen molar-refractivity contribution in [1.82, 2.24) is 26.2 Å². The van der Waals surface area contributed by atoms with Crippen LogP contribution in [0.4, 0.5) is 0 Å². The summed E-state index contributed by atoms with van der Waals surface area (Å²) in [6, 6.07) is -0.476. The van der Waals surface area contributed by atoms with E-state index in [1.165, 1.54) is 0 Å². The molecule has 21 heavy (non-hydrogen) atoms. The molecule has 0 spiro atoms. The predicted octanol–water partition coefficient (Wildman–Crippen LogP) is -4.79. The number of ether oxygens (including phenoxy) is 1. The van der Waals surface area contributed by atoms with E-state index in [-0.39, 0.29) is 18.7 Å². The van der Waals surface area contributed by atoms with Gasteiger partial charge in [0.1, 0.15) is 36.9 Å². The third kappa shape index (κ3) is 2.43. The molecule has 3 heterocycles. The maximum atomic E-state index is 12.0. The van der Waals surface area contributed by atoms with Gasteiger partial charge in [0.05, 0.1) is 19.4 Å². The predicted molar refractivity (Wildman–Crippen MR) is 69.3 cm³/mol. The normalized spacial score (nSPS) is 47.4. The number of carbonyl (C=O) groups is 1. The van der Waals surface area contributed by atoms with Gasteiger partial charge < -0.3 is 25.4 Å². The number of nitrogens with zero attached hydrogens (tertiary/aromatic N) is 1. The van der Waals surface area contributed by atoms with E-state index in [2.05, 4.69) is 21.3 Å². The molecule has 120 valence electrons. The molecule has 0 aliphatic carbocycles. The molecule has 0 aromatic carbocycles. The molecule has 0 aromatic rings. The van der Waals surface area contributed by atoms with Crippen LogP contribution in [-0.2, 0) is 9.53 Å². The zero-order chi connectivity index (χ0) is 15.1. The number of carbonyl (C=O) groups excluding carboxylic acids is 1. The highest BCUT2D eigenvalue weighted by Gasteiger charge is 2.52. The Kier molecular flexibility index (Phi) is 4.12. The average Bonchev–Trinajstić information content (AvgIpc) is 3.02. The number of aliphatic hydroxyl groups excluding tert-OH is 3. The van der Waals surface area contributed by atoms with Crippen LogP contribution in [-0.4, -0.2) is 89.5 Å². The van der Waals surface area contributed by atoms with Crippen molar-refractivity contribution in [3.63, 3.8) is 0 Å². The zero-order valence-electron chi connectivity index (χ0n) is 11.6. The molecule has 7 atom stereocenters. The Morgan fingerprint density at radius 3 is 2.81 bits per heavy atom. The Balaban J connectivity index is 1.76. The summed E-state index contributed by atoms with van der Waals surface area (Å²) in [5, 5.41) is 41.0. The molecule has 0 aromatic heterocycles. The van der Waals surface area contributed by atoms with Gasteiger partial charge in [0.2, 0.25) is 5.91 Å². The van der Waals surface area contributed by atoms with Crippen molar-refractivity contribution in [2.45, 2.75) is 43.0 Å². The lowest BCUT2D eigenvalue weighted by Gasteiger charge is -2.38.